The van der Waals surface area contributed by atoms with Gasteiger partial charge < -0.3 is 13.9 Å². The molecule has 1 aliphatic rings. The summed E-state index contributed by atoms with van der Waals surface area (Å²) in [6, 6.07) is 8.13. The minimum atomic E-state index is -1.85. The molecule has 0 radical (unpaired) electrons. The van der Waals surface area contributed by atoms with Crippen LogP contribution in [0.3, 0.4) is 0 Å². The second-order valence-electron chi connectivity index (χ2n) is 9.93. The van der Waals surface area contributed by atoms with Gasteiger partial charge in [0.1, 0.15) is 5.75 Å². The lowest BCUT2D eigenvalue weighted by atomic mass is 9.88. The smallest absolute Gasteiger partial charge is 0.192 e. The molecule has 0 heterocycles. The number of hydrogen-bond acceptors (Lipinski definition) is 3. The van der Waals surface area contributed by atoms with Gasteiger partial charge in [-0.15, -0.1) is 0 Å². The van der Waals surface area contributed by atoms with E-state index in [-0.39, 0.29) is 17.2 Å². The Kier molecular flexibility index (Phi) is 7.57. The topological polar surface area (TPSA) is 27.7 Å². The lowest BCUT2D eigenvalue weighted by Crippen LogP contribution is -2.49. The molecule has 1 aromatic carbocycles. The Balaban J connectivity index is 2.15. The fraction of sp³-hybridized carbons (Fsp3) is 0.667. The quantitative estimate of drug-likeness (QED) is 0.403. The molecule has 0 aliphatic heterocycles. The molecule has 1 aliphatic carbocycles. The number of benzene rings is 1. The van der Waals surface area contributed by atoms with Crippen LogP contribution in [0.25, 0.3) is 0 Å². The molecule has 28 heavy (non-hydrogen) atoms. The van der Waals surface area contributed by atoms with Crippen molar-refractivity contribution in [3.8, 4) is 5.75 Å². The van der Waals surface area contributed by atoms with Gasteiger partial charge in [0.15, 0.2) is 8.32 Å². The lowest BCUT2D eigenvalue weighted by molar-refractivity contribution is -0.0559. The van der Waals surface area contributed by atoms with Gasteiger partial charge in [-0.3, -0.25) is 0 Å². The van der Waals surface area contributed by atoms with E-state index in [0.717, 1.165) is 5.75 Å². The maximum absolute atomic E-state index is 6.90. The molecule has 3 nitrogen and oxygen atoms in total. The van der Waals surface area contributed by atoms with Gasteiger partial charge in [-0.25, -0.2) is 0 Å². The molecule has 5 atom stereocenters. The highest BCUT2D eigenvalue weighted by Gasteiger charge is 2.43. The second-order valence-corrected chi connectivity index (χ2v) is 14.7. The van der Waals surface area contributed by atoms with Crippen molar-refractivity contribution in [2.75, 3.05) is 7.11 Å². The Hall–Kier alpha value is -1.10. The average Bonchev–Trinajstić information content (AvgIpc) is 2.72. The monoisotopic (exact) mass is 404 g/mol. The Labute approximate surface area is 173 Å². The summed E-state index contributed by atoms with van der Waals surface area (Å²) in [6.45, 7) is 19.1. The number of ether oxygens (including phenoxy) is 2. The molecular weight excluding hydrogens is 364 g/mol. The highest BCUT2D eigenvalue weighted by Crippen LogP contribution is 2.41. The predicted molar refractivity (Wildman–Crippen MR) is 120 cm³/mol. The van der Waals surface area contributed by atoms with Crippen LogP contribution in [-0.2, 0) is 15.8 Å². The van der Waals surface area contributed by atoms with Crippen molar-refractivity contribution in [3.05, 3.63) is 42.0 Å². The molecule has 158 valence electrons. The molecule has 0 aromatic heterocycles. The summed E-state index contributed by atoms with van der Waals surface area (Å²) in [5.74, 6) is 1.96. The molecule has 0 unspecified atom stereocenters. The molecule has 0 spiro atoms. The van der Waals surface area contributed by atoms with Crippen molar-refractivity contribution in [1.29, 1.82) is 0 Å². The summed E-state index contributed by atoms with van der Waals surface area (Å²) in [6.07, 6.45) is 4.96. The van der Waals surface area contributed by atoms with E-state index in [2.05, 4.69) is 78.9 Å². The Morgan fingerprint density at radius 1 is 0.893 bits per heavy atom. The van der Waals surface area contributed by atoms with Crippen molar-refractivity contribution in [1.82, 2.24) is 0 Å². The second kappa shape index (κ2) is 9.14. The first-order valence-corrected chi connectivity index (χ1v) is 13.5. The van der Waals surface area contributed by atoms with Crippen molar-refractivity contribution in [3.63, 3.8) is 0 Å². The van der Waals surface area contributed by atoms with Gasteiger partial charge in [0.05, 0.1) is 25.9 Å². The minimum absolute atomic E-state index is 0.137. The molecule has 2 rings (SSSR count). The maximum atomic E-state index is 6.90. The van der Waals surface area contributed by atoms with Crippen molar-refractivity contribution < 1.29 is 13.9 Å². The third kappa shape index (κ3) is 5.49. The molecule has 1 aromatic rings. The first-order valence-electron chi connectivity index (χ1n) is 10.6. The number of rotatable bonds is 6. The summed E-state index contributed by atoms with van der Waals surface area (Å²) >= 11 is 0. The fourth-order valence-electron chi connectivity index (χ4n) is 3.66. The van der Waals surface area contributed by atoms with E-state index in [1.165, 1.54) is 5.56 Å². The average molecular weight is 405 g/mol. The normalized spacial score (nSPS) is 28.8. The summed E-state index contributed by atoms with van der Waals surface area (Å²) in [7, 11) is -0.160. The van der Waals surface area contributed by atoms with Crippen LogP contribution in [0.1, 0.15) is 47.1 Å². The van der Waals surface area contributed by atoms with E-state index in [0.29, 0.717) is 24.4 Å². The molecule has 0 saturated heterocycles. The van der Waals surface area contributed by atoms with Crippen LogP contribution in [-0.4, -0.2) is 27.6 Å². The van der Waals surface area contributed by atoms with Crippen molar-refractivity contribution in [2.45, 2.75) is 78.5 Å². The third-order valence-corrected chi connectivity index (χ3v) is 11.1. The van der Waals surface area contributed by atoms with E-state index < -0.39 is 8.32 Å². The Morgan fingerprint density at radius 3 is 1.93 bits per heavy atom. The van der Waals surface area contributed by atoms with E-state index in [4.69, 9.17) is 13.9 Å². The molecule has 0 fully saturated rings. The summed E-state index contributed by atoms with van der Waals surface area (Å²) < 4.78 is 18.6. The standard InChI is InChI=1S/C24H40O3Si/c1-17-10-11-18(2)23(27-28(8,9)24(4,5)6)19(3)22(17)26-16-20-12-14-21(25-7)15-13-20/h10-15,17-19,22-23H,16H2,1-9H3/t17-,18-,19-,22-,23-/m1/s1. The van der Waals surface area contributed by atoms with Gasteiger partial charge >= 0.3 is 0 Å². The first-order chi connectivity index (χ1) is 13.0. The van der Waals surface area contributed by atoms with Crippen LogP contribution in [0.2, 0.25) is 18.1 Å². The molecule has 4 heteroatoms. The van der Waals surface area contributed by atoms with Gasteiger partial charge in [-0.05, 0) is 41.7 Å². The zero-order valence-electron chi connectivity index (χ0n) is 19.3. The summed E-state index contributed by atoms with van der Waals surface area (Å²) in [5.41, 5.74) is 1.17. The van der Waals surface area contributed by atoms with Crippen LogP contribution in [0.4, 0.5) is 0 Å². The number of methoxy groups -OCH3 is 1. The number of hydrogen-bond donors (Lipinski definition) is 0. The summed E-state index contributed by atoms with van der Waals surface area (Å²) in [4.78, 5) is 0. The fourth-order valence-corrected chi connectivity index (χ4v) is 5.13. The van der Waals surface area contributed by atoms with Crippen LogP contribution < -0.4 is 4.74 Å². The van der Waals surface area contributed by atoms with Crippen LogP contribution in [0.15, 0.2) is 36.4 Å². The molecule has 0 N–H and O–H groups in total. The van der Waals surface area contributed by atoms with E-state index in [9.17, 15) is 0 Å². The molecular formula is C24H40O3Si. The van der Waals surface area contributed by atoms with Crippen molar-refractivity contribution in [2.24, 2.45) is 17.8 Å². The maximum Gasteiger partial charge on any atom is 0.192 e. The van der Waals surface area contributed by atoms with Gasteiger partial charge in [0.25, 0.3) is 0 Å². The lowest BCUT2D eigenvalue weighted by Gasteiger charge is -2.43. The highest BCUT2D eigenvalue weighted by molar-refractivity contribution is 6.74. The van der Waals surface area contributed by atoms with Crippen LogP contribution in [0.5, 0.6) is 5.75 Å². The van der Waals surface area contributed by atoms with Gasteiger partial charge in [0, 0.05) is 11.8 Å². The van der Waals surface area contributed by atoms with E-state index in [1.54, 1.807) is 7.11 Å². The first kappa shape index (κ1) is 23.2. The van der Waals surface area contributed by atoms with Gasteiger partial charge in [-0.2, -0.15) is 0 Å². The molecule has 0 bridgehead atoms. The van der Waals surface area contributed by atoms with Crippen molar-refractivity contribution >= 4 is 8.32 Å². The Morgan fingerprint density at radius 2 is 1.43 bits per heavy atom. The van der Waals surface area contributed by atoms with E-state index >= 15 is 0 Å². The molecule has 0 saturated carbocycles. The zero-order valence-corrected chi connectivity index (χ0v) is 20.3. The Bertz CT molecular complexity index is 645. The largest absolute Gasteiger partial charge is 0.497 e. The van der Waals surface area contributed by atoms with Gasteiger partial charge in [-0.1, -0.05) is 65.8 Å². The molecule has 0 amide bonds. The zero-order chi connectivity index (χ0) is 21.1. The minimum Gasteiger partial charge on any atom is -0.497 e. The third-order valence-electron chi connectivity index (χ3n) is 6.63. The highest BCUT2D eigenvalue weighted by atomic mass is 28.4. The SMILES string of the molecule is COc1ccc(CO[C@H]2[C@@H](C)[C@H](O[Si](C)(C)C(C)(C)C)[C@H](C)C=C[C@H]2C)cc1. The van der Waals surface area contributed by atoms with Gasteiger partial charge in [0.2, 0.25) is 0 Å². The predicted octanol–water partition coefficient (Wildman–Crippen LogP) is 6.45. The summed E-state index contributed by atoms with van der Waals surface area (Å²) in [5, 5.41) is 0.202. The van der Waals surface area contributed by atoms with E-state index in [1.807, 2.05) is 12.1 Å². The van der Waals surface area contributed by atoms with Crippen LogP contribution in [0, 0.1) is 17.8 Å². The van der Waals surface area contributed by atoms with Crippen LogP contribution >= 0.6 is 0 Å².